The molecule has 102 valence electrons. The molecular weight excluding hydrogens is 244 g/mol. The fraction of sp³-hybridized carbons (Fsp3) is 0.429. The van der Waals surface area contributed by atoms with Gasteiger partial charge in [-0.25, -0.2) is 0 Å². The lowest BCUT2D eigenvalue weighted by Gasteiger charge is -2.16. The van der Waals surface area contributed by atoms with E-state index in [0.29, 0.717) is 24.5 Å². The molecule has 19 heavy (non-hydrogen) atoms. The first-order valence-corrected chi connectivity index (χ1v) is 6.01. The molecule has 0 unspecified atom stereocenters. The van der Waals surface area contributed by atoms with Crippen molar-refractivity contribution < 1.29 is 14.3 Å². The van der Waals surface area contributed by atoms with Gasteiger partial charge >= 0.3 is 5.97 Å². The van der Waals surface area contributed by atoms with Gasteiger partial charge in [0.25, 0.3) is 0 Å². The van der Waals surface area contributed by atoms with E-state index in [0.717, 1.165) is 5.56 Å². The highest BCUT2D eigenvalue weighted by atomic mass is 16.5. The Balaban J connectivity index is 2.67. The first-order chi connectivity index (χ1) is 9.10. The molecule has 0 fully saturated rings. The molecule has 0 aliphatic heterocycles. The fourth-order valence-electron chi connectivity index (χ4n) is 1.72. The quantitative estimate of drug-likeness (QED) is 0.728. The van der Waals surface area contributed by atoms with Crippen LogP contribution in [0.15, 0.2) is 18.2 Å². The summed E-state index contributed by atoms with van der Waals surface area (Å²) in [4.78, 5) is 13.2. The van der Waals surface area contributed by atoms with Gasteiger partial charge in [-0.1, -0.05) is 6.07 Å². The van der Waals surface area contributed by atoms with E-state index in [1.165, 1.54) is 7.11 Å². The van der Waals surface area contributed by atoms with E-state index in [1.54, 1.807) is 19.1 Å². The average molecular weight is 262 g/mol. The monoisotopic (exact) mass is 262 g/mol. The van der Waals surface area contributed by atoms with E-state index < -0.39 is 0 Å². The van der Waals surface area contributed by atoms with E-state index in [1.807, 2.05) is 18.0 Å². The summed E-state index contributed by atoms with van der Waals surface area (Å²) in [5.41, 5.74) is 1.47. The van der Waals surface area contributed by atoms with Crippen LogP contribution in [0.25, 0.3) is 0 Å². The highest BCUT2D eigenvalue weighted by Gasteiger charge is 2.09. The van der Waals surface area contributed by atoms with Gasteiger partial charge in [0.2, 0.25) is 0 Å². The number of likely N-dealkylation sites (N-methyl/N-ethyl adjacent to an activating group) is 1. The van der Waals surface area contributed by atoms with Gasteiger partial charge in [-0.05, 0) is 31.7 Å². The third kappa shape index (κ3) is 4.60. The van der Waals surface area contributed by atoms with Crippen LogP contribution in [0, 0.1) is 11.3 Å². The second-order valence-corrected chi connectivity index (χ2v) is 4.12. The number of esters is 1. The van der Waals surface area contributed by atoms with E-state index in [4.69, 9.17) is 14.7 Å². The van der Waals surface area contributed by atoms with Crippen molar-refractivity contribution in [3.8, 4) is 11.8 Å². The van der Waals surface area contributed by atoms with Gasteiger partial charge < -0.3 is 9.47 Å². The number of nitrogens with zero attached hydrogens (tertiary/aromatic N) is 2. The lowest BCUT2D eigenvalue weighted by molar-refractivity contribution is -0.144. The Labute approximate surface area is 113 Å². The maximum Gasteiger partial charge on any atom is 0.320 e. The van der Waals surface area contributed by atoms with Crippen LogP contribution in [0.3, 0.4) is 0 Å². The lowest BCUT2D eigenvalue weighted by Crippen LogP contribution is -2.27. The Kier molecular flexibility index (Phi) is 5.83. The first kappa shape index (κ1) is 15.0. The first-order valence-electron chi connectivity index (χ1n) is 6.01. The summed E-state index contributed by atoms with van der Waals surface area (Å²) in [7, 11) is 3.36. The van der Waals surface area contributed by atoms with Crippen LogP contribution in [0.2, 0.25) is 0 Å². The minimum atomic E-state index is -0.245. The number of carbonyl (C=O) groups is 1. The maximum absolute atomic E-state index is 11.3. The molecule has 5 heteroatoms. The van der Waals surface area contributed by atoms with Crippen molar-refractivity contribution in [2.24, 2.45) is 0 Å². The predicted molar refractivity (Wildman–Crippen MR) is 70.7 cm³/mol. The summed E-state index contributed by atoms with van der Waals surface area (Å²) in [6, 6.07) is 7.43. The summed E-state index contributed by atoms with van der Waals surface area (Å²) < 4.78 is 10.0. The number of carbonyl (C=O) groups excluding carboxylic acids is 1. The third-order valence-electron chi connectivity index (χ3n) is 2.54. The molecule has 1 aromatic carbocycles. The minimum Gasteiger partial charge on any atom is -0.495 e. The lowest BCUT2D eigenvalue weighted by atomic mass is 10.1. The number of rotatable bonds is 6. The van der Waals surface area contributed by atoms with Gasteiger partial charge in [0, 0.05) is 6.54 Å². The Morgan fingerprint density at radius 2 is 2.21 bits per heavy atom. The summed E-state index contributed by atoms with van der Waals surface area (Å²) >= 11 is 0. The van der Waals surface area contributed by atoms with Crippen molar-refractivity contribution in [3.63, 3.8) is 0 Å². The molecule has 0 bridgehead atoms. The number of ether oxygens (including phenoxy) is 2. The Morgan fingerprint density at radius 1 is 1.47 bits per heavy atom. The molecule has 0 radical (unpaired) electrons. The molecule has 0 aromatic heterocycles. The molecule has 0 aliphatic carbocycles. The van der Waals surface area contributed by atoms with Crippen LogP contribution in [-0.2, 0) is 16.1 Å². The molecule has 5 nitrogen and oxygen atoms in total. The van der Waals surface area contributed by atoms with E-state index in [9.17, 15) is 4.79 Å². The molecule has 1 rings (SSSR count). The highest BCUT2D eigenvalue weighted by molar-refractivity contribution is 5.71. The van der Waals surface area contributed by atoms with E-state index in [-0.39, 0.29) is 12.5 Å². The number of methoxy groups -OCH3 is 1. The van der Waals surface area contributed by atoms with Crippen molar-refractivity contribution >= 4 is 5.97 Å². The third-order valence-corrected chi connectivity index (χ3v) is 2.54. The molecular formula is C14H18N2O3. The SMILES string of the molecule is CCOC(=O)CN(C)Cc1ccc(C#N)c(OC)c1. The molecule has 0 atom stereocenters. The van der Waals surface area contributed by atoms with Crippen LogP contribution in [0.5, 0.6) is 5.75 Å². The largest absolute Gasteiger partial charge is 0.495 e. The van der Waals surface area contributed by atoms with Crippen LogP contribution in [0.4, 0.5) is 0 Å². The fourth-order valence-corrected chi connectivity index (χ4v) is 1.72. The van der Waals surface area contributed by atoms with Crippen LogP contribution in [-0.4, -0.2) is 38.2 Å². The second kappa shape index (κ2) is 7.39. The maximum atomic E-state index is 11.3. The number of benzene rings is 1. The topological polar surface area (TPSA) is 62.6 Å². The zero-order valence-corrected chi connectivity index (χ0v) is 11.5. The second-order valence-electron chi connectivity index (χ2n) is 4.12. The number of nitriles is 1. The minimum absolute atomic E-state index is 0.232. The molecule has 1 aromatic rings. The van der Waals surface area contributed by atoms with Gasteiger partial charge in [0.1, 0.15) is 11.8 Å². The van der Waals surface area contributed by atoms with Crippen LogP contribution >= 0.6 is 0 Å². The van der Waals surface area contributed by atoms with Gasteiger partial charge in [-0.15, -0.1) is 0 Å². The van der Waals surface area contributed by atoms with Crippen LogP contribution < -0.4 is 4.74 Å². The van der Waals surface area contributed by atoms with Crippen LogP contribution in [0.1, 0.15) is 18.1 Å². The Hall–Kier alpha value is -2.06. The molecule has 0 saturated carbocycles. The van der Waals surface area contributed by atoms with Gasteiger partial charge in [-0.2, -0.15) is 5.26 Å². The Bertz CT molecular complexity index is 480. The zero-order chi connectivity index (χ0) is 14.3. The van der Waals surface area contributed by atoms with Crippen molar-refractivity contribution in [1.29, 1.82) is 5.26 Å². The van der Waals surface area contributed by atoms with Gasteiger partial charge in [0.05, 0.1) is 25.8 Å². The van der Waals surface area contributed by atoms with Crippen molar-refractivity contribution in [3.05, 3.63) is 29.3 Å². The summed E-state index contributed by atoms with van der Waals surface area (Å²) in [6.45, 7) is 2.98. The van der Waals surface area contributed by atoms with Gasteiger partial charge in [0.15, 0.2) is 0 Å². The molecule has 0 saturated heterocycles. The summed E-state index contributed by atoms with van der Waals surface area (Å²) in [6.07, 6.45) is 0. The number of hydrogen-bond acceptors (Lipinski definition) is 5. The van der Waals surface area contributed by atoms with E-state index >= 15 is 0 Å². The van der Waals surface area contributed by atoms with E-state index in [2.05, 4.69) is 6.07 Å². The zero-order valence-electron chi connectivity index (χ0n) is 11.5. The Morgan fingerprint density at radius 3 is 2.79 bits per heavy atom. The van der Waals surface area contributed by atoms with Crippen molar-refractivity contribution in [2.75, 3.05) is 27.3 Å². The van der Waals surface area contributed by atoms with Crippen molar-refractivity contribution in [2.45, 2.75) is 13.5 Å². The molecule has 0 N–H and O–H groups in total. The molecule has 0 amide bonds. The standard InChI is InChI=1S/C14H18N2O3/c1-4-19-14(17)10-16(2)9-11-5-6-12(8-15)13(7-11)18-3/h5-7H,4,9-10H2,1-3H3. The smallest absolute Gasteiger partial charge is 0.320 e. The molecule has 0 aliphatic rings. The van der Waals surface area contributed by atoms with Gasteiger partial charge in [-0.3, -0.25) is 9.69 Å². The van der Waals surface area contributed by atoms with Crippen molar-refractivity contribution in [1.82, 2.24) is 4.90 Å². The summed E-state index contributed by atoms with van der Waals surface area (Å²) in [5, 5.41) is 8.90. The highest BCUT2D eigenvalue weighted by Crippen LogP contribution is 2.19. The summed E-state index contributed by atoms with van der Waals surface area (Å²) in [5.74, 6) is 0.301. The molecule has 0 heterocycles. The molecule has 0 spiro atoms. The predicted octanol–water partition coefficient (Wildman–Crippen LogP) is 1.56. The normalized spacial score (nSPS) is 10.1. The average Bonchev–Trinajstić information content (AvgIpc) is 2.38. The number of hydrogen-bond donors (Lipinski definition) is 0.